The SMILES string of the molecule is COc1cc2[nH]c(C(C)O)cc(=O)c2cc1-c1cnco1. The maximum Gasteiger partial charge on any atom is 0.189 e. The Labute approximate surface area is 120 Å². The summed E-state index contributed by atoms with van der Waals surface area (Å²) in [5, 5.41) is 10.1. The normalized spacial score (nSPS) is 12.5. The molecule has 6 heteroatoms. The van der Waals surface area contributed by atoms with E-state index in [9.17, 15) is 9.90 Å². The molecular formula is C15H14N2O4. The number of aromatic amines is 1. The maximum absolute atomic E-state index is 12.2. The Hall–Kier alpha value is -2.60. The van der Waals surface area contributed by atoms with Crippen LogP contribution >= 0.6 is 0 Å². The van der Waals surface area contributed by atoms with Gasteiger partial charge in [0.1, 0.15) is 5.75 Å². The quantitative estimate of drug-likeness (QED) is 0.771. The first-order valence-corrected chi connectivity index (χ1v) is 6.42. The molecule has 6 nitrogen and oxygen atoms in total. The molecule has 0 saturated carbocycles. The monoisotopic (exact) mass is 286 g/mol. The number of nitrogens with zero attached hydrogens (tertiary/aromatic N) is 1. The van der Waals surface area contributed by atoms with Crippen LogP contribution in [0.15, 0.2) is 40.0 Å². The summed E-state index contributed by atoms with van der Waals surface area (Å²) in [5.41, 5.74) is 1.53. The van der Waals surface area contributed by atoms with E-state index in [-0.39, 0.29) is 5.43 Å². The molecule has 2 heterocycles. The second-order valence-electron chi connectivity index (χ2n) is 4.73. The number of hydrogen-bond donors (Lipinski definition) is 2. The first-order valence-electron chi connectivity index (χ1n) is 6.42. The van der Waals surface area contributed by atoms with Gasteiger partial charge in [0.05, 0.1) is 30.5 Å². The molecule has 0 amide bonds. The molecule has 1 unspecified atom stereocenters. The molecule has 21 heavy (non-hydrogen) atoms. The van der Waals surface area contributed by atoms with Gasteiger partial charge in [-0.1, -0.05) is 0 Å². The van der Waals surface area contributed by atoms with Gasteiger partial charge in [-0.25, -0.2) is 4.98 Å². The van der Waals surface area contributed by atoms with Crippen LogP contribution in [-0.2, 0) is 0 Å². The lowest BCUT2D eigenvalue weighted by molar-refractivity contribution is 0.194. The zero-order valence-electron chi connectivity index (χ0n) is 11.6. The van der Waals surface area contributed by atoms with Crippen molar-refractivity contribution in [2.45, 2.75) is 13.0 Å². The van der Waals surface area contributed by atoms with E-state index in [1.54, 1.807) is 25.3 Å². The summed E-state index contributed by atoms with van der Waals surface area (Å²) in [6, 6.07) is 4.80. The molecule has 2 aromatic heterocycles. The van der Waals surface area contributed by atoms with Crippen LogP contribution in [0.25, 0.3) is 22.2 Å². The number of rotatable bonds is 3. The Morgan fingerprint density at radius 1 is 1.38 bits per heavy atom. The van der Waals surface area contributed by atoms with Crippen LogP contribution in [0.1, 0.15) is 18.7 Å². The highest BCUT2D eigenvalue weighted by Gasteiger charge is 2.14. The fraction of sp³-hybridized carbons (Fsp3) is 0.200. The van der Waals surface area contributed by atoms with E-state index in [0.717, 1.165) is 0 Å². The Kier molecular flexibility index (Phi) is 3.23. The number of aliphatic hydroxyl groups is 1. The molecule has 1 atom stereocenters. The smallest absolute Gasteiger partial charge is 0.189 e. The van der Waals surface area contributed by atoms with E-state index < -0.39 is 6.10 Å². The van der Waals surface area contributed by atoms with E-state index in [1.807, 2.05) is 0 Å². The van der Waals surface area contributed by atoms with E-state index in [4.69, 9.17) is 9.15 Å². The van der Waals surface area contributed by atoms with Gasteiger partial charge in [-0.3, -0.25) is 4.79 Å². The number of pyridine rings is 1. The summed E-state index contributed by atoms with van der Waals surface area (Å²) in [5.74, 6) is 1.07. The van der Waals surface area contributed by atoms with Crippen LogP contribution in [0.5, 0.6) is 5.75 Å². The zero-order valence-corrected chi connectivity index (χ0v) is 11.6. The molecule has 3 aromatic rings. The third-order valence-corrected chi connectivity index (χ3v) is 3.32. The van der Waals surface area contributed by atoms with Crippen LogP contribution in [-0.4, -0.2) is 22.2 Å². The van der Waals surface area contributed by atoms with Crippen molar-refractivity contribution in [2.75, 3.05) is 7.11 Å². The van der Waals surface area contributed by atoms with Crippen molar-refractivity contribution in [3.8, 4) is 17.1 Å². The molecule has 0 aliphatic carbocycles. The molecule has 0 aliphatic rings. The Morgan fingerprint density at radius 2 is 2.19 bits per heavy atom. The van der Waals surface area contributed by atoms with E-state index in [2.05, 4.69) is 9.97 Å². The lowest BCUT2D eigenvalue weighted by atomic mass is 10.1. The van der Waals surface area contributed by atoms with Crippen molar-refractivity contribution in [1.82, 2.24) is 9.97 Å². The second kappa shape index (κ2) is 5.06. The molecule has 3 rings (SSSR count). The fourth-order valence-electron chi connectivity index (χ4n) is 2.23. The van der Waals surface area contributed by atoms with E-state index in [0.29, 0.717) is 33.7 Å². The van der Waals surface area contributed by atoms with Gasteiger partial charge in [0, 0.05) is 23.2 Å². The summed E-state index contributed by atoms with van der Waals surface area (Å²) in [6.45, 7) is 1.59. The Balaban J connectivity index is 2.31. The van der Waals surface area contributed by atoms with E-state index >= 15 is 0 Å². The zero-order chi connectivity index (χ0) is 15.0. The predicted molar refractivity (Wildman–Crippen MR) is 77.3 cm³/mol. The number of oxazole rings is 1. The highest BCUT2D eigenvalue weighted by atomic mass is 16.5. The van der Waals surface area contributed by atoms with Crippen molar-refractivity contribution in [1.29, 1.82) is 0 Å². The number of aliphatic hydroxyl groups excluding tert-OH is 1. The van der Waals surface area contributed by atoms with Crippen molar-refractivity contribution in [2.24, 2.45) is 0 Å². The van der Waals surface area contributed by atoms with Gasteiger partial charge in [0.2, 0.25) is 0 Å². The first kappa shape index (κ1) is 13.4. The molecule has 0 bridgehead atoms. The third kappa shape index (κ3) is 2.30. The van der Waals surface area contributed by atoms with Gasteiger partial charge in [-0.2, -0.15) is 0 Å². The molecule has 2 N–H and O–H groups in total. The van der Waals surface area contributed by atoms with Gasteiger partial charge in [0.15, 0.2) is 17.6 Å². The molecule has 0 saturated heterocycles. The van der Waals surface area contributed by atoms with Gasteiger partial charge in [0.25, 0.3) is 0 Å². The number of H-pyrrole nitrogens is 1. The first-order chi connectivity index (χ1) is 10.1. The van der Waals surface area contributed by atoms with Gasteiger partial charge < -0.3 is 19.2 Å². The number of fused-ring (bicyclic) bond motifs is 1. The summed E-state index contributed by atoms with van der Waals surface area (Å²) < 4.78 is 10.6. The lowest BCUT2D eigenvalue weighted by Crippen LogP contribution is -2.07. The average Bonchev–Trinajstić information content (AvgIpc) is 2.99. The predicted octanol–water partition coefficient (Wildman–Crippen LogP) is 2.25. The molecule has 1 aromatic carbocycles. The van der Waals surface area contributed by atoms with Crippen molar-refractivity contribution in [3.05, 3.63) is 46.7 Å². The minimum Gasteiger partial charge on any atom is -0.496 e. The third-order valence-electron chi connectivity index (χ3n) is 3.32. The van der Waals surface area contributed by atoms with Crippen molar-refractivity contribution < 1.29 is 14.3 Å². The fourth-order valence-corrected chi connectivity index (χ4v) is 2.23. The minimum atomic E-state index is -0.748. The maximum atomic E-state index is 12.2. The summed E-state index contributed by atoms with van der Waals surface area (Å²) in [4.78, 5) is 19.1. The molecule has 0 radical (unpaired) electrons. The number of methoxy groups -OCH3 is 1. The van der Waals surface area contributed by atoms with Crippen LogP contribution in [0.2, 0.25) is 0 Å². The minimum absolute atomic E-state index is 0.178. The molecule has 0 aliphatic heterocycles. The number of aromatic nitrogens is 2. The highest BCUT2D eigenvalue weighted by molar-refractivity contribution is 5.87. The van der Waals surface area contributed by atoms with Crippen LogP contribution in [0.4, 0.5) is 0 Å². The summed E-state index contributed by atoms with van der Waals surface area (Å²) in [7, 11) is 1.54. The number of ether oxygens (including phenoxy) is 1. The van der Waals surface area contributed by atoms with Gasteiger partial charge >= 0.3 is 0 Å². The van der Waals surface area contributed by atoms with Crippen LogP contribution in [0.3, 0.4) is 0 Å². The number of benzene rings is 1. The largest absolute Gasteiger partial charge is 0.496 e. The van der Waals surface area contributed by atoms with Crippen LogP contribution < -0.4 is 10.2 Å². The molecule has 0 fully saturated rings. The molecular weight excluding hydrogens is 272 g/mol. The van der Waals surface area contributed by atoms with Crippen molar-refractivity contribution >= 4 is 10.9 Å². The molecule has 108 valence electrons. The number of hydrogen-bond acceptors (Lipinski definition) is 5. The lowest BCUT2D eigenvalue weighted by Gasteiger charge is -2.10. The Bertz CT molecular complexity index is 835. The van der Waals surface area contributed by atoms with Gasteiger partial charge in [-0.15, -0.1) is 0 Å². The summed E-state index contributed by atoms with van der Waals surface area (Å²) >= 11 is 0. The summed E-state index contributed by atoms with van der Waals surface area (Å²) in [6.07, 6.45) is 2.13. The molecule has 0 spiro atoms. The second-order valence-corrected chi connectivity index (χ2v) is 4.73. The standard InChI is InChI=1S/C15H14N2O4/c1-8(18)11-4-13(19)9-3-10(15-6-16-7-21-15)14(20-2)5-12(9)17-11/h3-8,18H,1-2H3,(H,17,19). The van der Waals surface area contributed by atoms with Crippen molar-refractivity contribution in [3.63, 3.8) is 0 Å². The topological polar surface area (TPSA) is 88.4 Å². The number of nitrogens with one attached hydrogen (secondary N) is 1. The highest BCUT2D eigenvalue weighted by Crippen LogP contribution is 2.32. The van der Waals surface area contributed by atoms with Crippen LogP contribution in [0, 0.1) is 0 Å². The Morgan fingerprint density at radius 3 is 2.81 bits per heavy atom. The average molecular weight is 286 g/mol. The van der Waals surface area contributed by atoms with Gasteiger partial charge in [-0.05, 0) is 13.0 Å². The van der Waals surface area contributed by atoms with E-state index in [1.165, 1.54) is 19.6 Å².